The van der Waals surface area contributed by atoms with Crippen molar-refractivity contribution in [1.29, 1.82) is 0 Å². The first kappa shape index (κ1) is 16.6. The van der Waals surface area contributed by atoms with Crippen molar-refractivity contribution in [3.63, 3.8) is 0 Å². The first-order chi connectivity index (χ1) is 10.4. The molecule has 1 aromatic carbocycles. The smallest absolute Gasteiger partial charge is 0.257 e. The molecule has 0 spiro atoms. The Bertz CT molecular complexity index is 630. The van der Waals surface area contributed by atoms with E-state index in [0.29, 0.717) is 23.7 Å². The standard InChI is InChI=1S/C16H21N3O2S/c1-16(2,3)12-7-5-11(6-8-12)14(20)17-15-19-18-13(22-15)9-10-21-4/h5-8H,9-10H2,1-4H3,(H,17,19,20). The summed E-state index contributed by atoms with van der Waals surface area (Å²) in [5, 5.41) is 12.1. The maximum atomic E-state index is 12.2. The van der Waals surface area contributed by atoms with E-state index in [1.165, 1.54) is 16.9 Å². The average molecular weight is 319 g/mol. The summed E-state index contributed by atoms with van der Waals surface area (Å²) in [4.78, 5) is 12.2. The second-order valence-corrected chi connectivity index (χ2v) is 7.09. The van der Waals surface area contributed by atoms with Crippen LogP contribution in [-0.4, -0.2) is 29.8 Å². The highest BCUT2D eigenvalue weighted by Crippen LogP contribution is 2.23. The predicted octanol–water partition coefficient (Wildman–Crippen LogP) is 3.28. The fourth-order valence-electron chi connectivity index (χ4n) is 1.89. The molecule has 0 radical (unpaired) electrons. The van der Waals surface area contributed by atoms with Crippen molar-refractivity contribution in [2.75, 3.05) is 19.0 Å². The summed E-state index contributed by atoms with van der Waals surface area (Å²) in [5.41, 5.74) is 1.88. The molecule has 0 aliphatic carbocycles. The van der Waals surface area contributed by atoms with Crippen LogP contribution in [0.5, 0.6) is 0 Å². The monoisotopic (exact) mass is 319 g/mol. The second kappa shape index (κ2) is 6.98. The lowest BCUT2D eigenvalue weighted by Crippen LogP contribution is -2.14. The van der Waals surface area contributed by atoms with Gasteiger partial charge < -0.3 is 4.74 Å². The summed E-state index contributed by atoms with van der Waals surface area (Å²) in [5.74, 6) is -0.171. The highest BCUT2D eigenvalue weighted by Gasteiger charge is 2.15. The van der Waals surface area contributed by atoms with Gasteiger partial charge in [-0.1, -0.05) is 44.2 Å². The molecule has 0 saturated carbocycles. The minimum absolute atomic E-state index is 0.0739. The molecule has 0 bridgehead atoms. The summed E-state index contributed by atoms with van der Waals surface area (Å²) < 4.78 is 5.00. The number of ether oxygens (including phenoxy) is 1. The topological polar surface area (TPSA) is 64.1 Å². The third-order valence-electron chi connectivity index (χ3n) is 3.22. The fraction of sp³-hybridized carbons (Fsp3) is 0.438. The van der Waals surface area contributed by atoms with E-state index >= 15 is 0 Å². The molecule has 0 aliphatic heterocycles. The number of nitrogens with one attached hydrogen (secondary N) is 1. The van der Waals surface area contributed by atoms with E-state index in [2.05, 4.69) is 36.3 Å². The number of aromatic nitrogens is 2. The lowest BCUT2D eigenvalue weighted by Gasteiger charge is -2.18. The first-order valence-electron chi connectivity index (χ1n) is 7.13. The van der Waals surface area contributed by atoms with Crippen LogP contribution in [0.4, 0.5) is 5.13 Å². The third kappa shape index (κ3) is 4.35. The highest BCUT2D eigenvalue weighted by molar-refractivity contribution is 7.15. The minimum Gasteiger partial charge on any atom is -0.384 e. The summed E-state index contributed by atoms with van der Waals surface area (Å²) in [6.07, 6.45) is 0.699. The summed E-state index contributed by atoms with van der Waals surface area (Å²) in [6.45, 7) is 7.03. The maximum Gasteiger partial charge on any atom is 0.257 e. The van der Waals surface area contributed by atoms with Crippen LogP contribution in [0.3, 0.4) is 0 Å². The van der Waals surface area contributed by atoms with Crippen molar-refractivity contribution < 1.29 is 9.53 Å². The quantitative estimate of drug-likeness (QED) is 0.918. The Labute approximate surface area is 134 Å². The normalized spacial score (nSPS) is 11.5. The number of nitrogens with zero attached hydrogens (tertiary/aromatic N) is 2. The molecule has 0 aliphatic rings. The third-order valence-corrected chi connectivity index (χ3v) is 4.12. The molecular weight excluding hydrogens is 298 g/mol. The Morgan fingerprint density at radius 1 is 1.23 bits per heavy atom. The van der Waals surface area contributed by atoms with E-state index in [0.717, 1.165) is 5.01 Å². The van der Waals surface area contributed by atoms with Crippen LogP contribution in [0.25, 0.3) is 0 Å². The molecule has 118 valence electrons. The molecule has 0 atom stereocenters. The van der Waals surface area contributed by atoms with Crippen LogP contribution < -0.4 is 5.32 Å². The zero-order valence-electron chi connectivity index (χ0n) is 13.3. The van der Waals surface area contributed by atoms with Gasteiger partial charge in [0, 0.05) is 19.1 Å². The van der Waals surface area contributed by atoms with Crippen LogP contribution in [0, 0.1) is 0 Å². The number of carbonyl (C=O) groups is 1. The predicted molar refractivity (Wildman–Crippen MR) is 88.6 cm³/mol. The van der Waals surface area contributed by atoms with Crippen molar-refractivity contribution in [3.05, 3.63) is 40.4 Å². The van der Waals surface area contributed by atoms with Gasteiger partial charge in [0.15, 0.2) is 0 Å². The molecule has 1 aromatic heterocycles. The van der Waals surface area contributed by atoms with E-state index in [-0.39, 0.29) is 11.3 Å². The molecule has 22 heavy (non-hydrogen) atoms. The van der Waals surface area contributed by atoms with Crippen LogP contribution in [0.1, 0.15) is 41.7 Å². The van der Waals surface area contributed by atoms with Crippen molar-refractivity contribution >= 4 is 22.4 Å². The van der Waals surface area contributed by atoms with Gasteiger partial charge in [0.2, 0.25) is 5.13 Å². The van der Waals surface area contributed by atoms with Crippen molar-refractivity contribution in [2.24, 2.45) is 0 Å². The van der Waals surface area contributed by atoms with E-state index < -0.39 is 0 Å². The van der Waals surface area contributed by atoms with Gasteiger partial charge in [-0.2, -0.15) is 0 Å². The molecule has 1 amide bonds. The summed E-state index contributed by atoms with van der Waals surface area (Å²) in [7, 11) is 1.64. The molecule has 2 rings (SSSR count). The van der Waals surface area contributed by atoms with Gasteiger partial charge in [-0.05, 0) is 23.1 Å². The van der Waals surface area contributed by atoms with E-state index in [9.17, 15) is 4.79 Å². The molecule has 1 heterocycles. The molecule has 1 N–H and O–H groups in total. The number of benzene rings is 1. The largest absolute Gasteiger partial charge is 0.384 e. The van der Waals surface area contributed by atoms with Crippen LogP contribution in [-0.2, 0) is 16.6 Å². The van der Waals surface area contributed by atoms with Gasteiger partial charge in [0.1, 0.15) is 5.01 Å². The van der Waals surface area contributed by atoms with E-state index in [1.807, 2.05) is 24.3 Å². The molecule has 0 saturated heterocycles. The van der Waals surface area contributed by atoms with Crippen molar-refractivity contribution in [3.8, 4) is 0 Å². The first-order valence-corrected chi connectivity index (χ1v) is 7.95. The minimum atomic E-state index is -0.171. The van der Waals surface area contributed by atoms with Gasteiger partial charge in [-0.3, -0.25) is 10.1 Å². The Balaban J connectivity index is 2.01. The molecule has 5 nitrogen and oxygen atoms in total. The van der Waals surface area contributed by atoms with Gasteiger partial charge in [0.05, 0.1) is 6.61 Å². The Hall–Kier alpha value is -1.79. The van der Waals surface area contributed by atoms with Gasteiger partial charge >= 0.3 is 0 Å². The maximum absolute atomic E-state index is 12.2. The number of rotatable bonds is 5. The average Bonchev–Trinajstić information content (AvgIpc) is 2.92. The zero-order valence-corrected chi connectivity index (χ0v) is 14.2. The number of carbonyl (C=O) groups excluding carboxylic acids is 1. The van der Waals surface area contributed by atoms with Crippen LogP contribution >= 0.6 is 11.3 Å². The molecule has 0 unspecified atom stereocenters. The summed E-state index contributed by atoms with van der Waals surface area (Å²) >= 11 is 1.37. The SMILES string of the molecule is COCCc1nnc(NC(=O)c2ccc(C(C)(C)C)cc2)s1. The van der Waals surface area contributed by atoms with Crippen molar-refractivity contribution in [1.82, 2.24) is 10.2 Å². The lowest BCUT2D eigenvalue weighted by molar-refractivity contribution is 0.102. The second-order valence-electron chi connectivity index (χ2n) is 6.03. The Morgan fingerprint density at radius 3 is 2.50 bits per heavy atom. The van der Waals surface area contributed by atoms with Crippen LogP contribution in [0.2, 0.25) is 0 Å². The lowest BCUT2D eigenvalue weighted by atomic mass is 9.87. The van der Waals surface area contributed by atoms with Gasteiger partial charge in [0.25, 0.3) is 5.91 Å². The summed E-state index contributed by atoms with van der Waals surface area (Å²) in [6, 6.07) is 7.64. The molecule has 0 fully saturated rings. The molecular formula is C16H21N3O2S. The number of hydrogen-bond acceptors (Lipinski definition) is 5. The van der Waals surface area contributed by atoms with Gasteiger partial charge in [-0.25, -0.2) is 0 Å². The zero-order chi connectivity index (χ0) is 16.2. The van der Waals surface area contributed by atoms with E-state index in [1.54, 1.807) is 7.11 Å². The number of anilines is 1. The Morgan fingerprint density at radius 2 is 1.91 bits per heavy atom. The number of methoxy groups -OCH3 is 1. The molecule has 6 heteroatoms. The number of amides is 1. The Kier molecular flexibility index (Phi) is 5.26. The number of hydrogen-bond donors (Lipinski definition) is 1. The highest BCUT2D eigenvalue weighted by atomic mass is 32.1. The van der Waals surface area contributed by atoms with Crippen LogP contribution in [0.15, 0.2) is 24.3 Å². The van der Waals surface area contributed by atoms with E-state index in [4.69, 9.17) is 4.74 Å². The van der Waals surface area contributed by atoms with Crippen molar-refractivity contribution in [2.45, 2.75) is 32.6 Å². The fourth-order valence-corrected chi connectivity index (χ4v) is 2.60. The van der Waals surface area contributed by atoms with Gasteiger partial charge in [-0.15, -0.1) is 10.2 Å². The molecule has 2 aromatic rings.